The van der Waals surface area contributed by atoms with E-state index in [0.29, 0.717) is 35.2 Å². The summed E-state index contributed by atoms with van der Waals surface area (Å²) in [6, 6.07) is 5.63. The number of hydrogen-bond acceptors (Lipinski definition) is 7. The molecular formula is C27H30ClFN6O3. The molecule has 0 bridgehead atoms. The van der Waals surface area contributed by atoms with Gasteiger partial charge in [0, 0.05) is 42.3 Å². The smallest absolute Gasteiger partial charge is 0.410 e. The Morgan fingerprint density at radius 1 is 1.18 bits per heavy atom. The zero-order valence-electron chi connectivity index (χ0n) is 21.9. The molecule has 38 heavy (non-hydrogen) atoms. The number of halogens is 2. The molecule has 0 saturated carbocycles. The van der Waals surface area contributed by atoms with E-state index in [1.54, 1.807) is 39.2 Å². The molecule has 1 aliphatic rings. The second-order valence-corrected chi connectivity index (χ2v) is 10.8. The van der Waals surface area contributed by atoms with Crippen molar-refractivity contribution in [3.8, 4) is 11.4 Å². The number of pyridine rings is 1. The first-order chi connectivity index (χ1) is 17.9. The lowest BCUT2D eigenvalue weighted by Gasteiger charge is -2.40. The topological polar surface area (TPSA) is 109 Å². The van der Waals surface area contributed by atoms with Crippen molar-refractivity contribution in [3.05, 3.63) is 64.8 Å². The average Bonchev–Trinajstić information content (AvgIpc) is 2.81. The van der Waals surface area contributed by atoms with Crippen molar-refractivity contribution in [2.45, 2.75) is 52.2 Å². The van der Waals surface area contributed by atoms with E-state index in [4.69, 9.17) is 16.3 Å². The monoisotopic (exact) mass is 540 g/mol. The van der Waals surface area contributed by atoms with Gasteiger partial charge in [-0.3, -0.25) is 9.78 Å². The number of aromatic nitrogens is 3. The van der Waals surface area contributed by atoms with E-state index in [1.165, 1.54) is 29.3 Å². The summed E-state index contributed by atoms with van der Waals surface area (Å²) in [5, 5.41) is 6.51. The van der Waals surface area contributed by atoms with Crippen molar-refractivity contribution in [1.82, 2.24) is 25.2 Å². The molecule has 1 fully saturated rings. The largest absolute Gasteiger partial charge is 0.444 e. The summed E-state index contributed by atoms with van der Waals surface area (Å²) < 4.78 is 19.9. The highest BCUT2D eigenvalue weighted by atomic mass is 35.5. The van der Waals surface area contributed by atoms with Gasteiger partial charge >= 0.3 is 6.09 Å². The fourth-order valence-electron chi connectivity index (χ4n) is 3.83. The summed E-state index contributed by atoms with van der Waals surface area (Å²) in [6.45, 7) is 10.1. The third kappa shape index (κ3) is 6.36. The number of amides is 2. The third-order valence-electron chi connectivity index (χ3n) is 5.80. The van der Waals surface area contributed by atoms with Crippen molar-refractivity contribution < 1.29 is 18.7 Å². The van der Waals surface area contributed by atoms with Gasteiger partial charge in [0.05, 0.1) is 22.9 Å². The lowest BCUT2D eigenvalue weighted by atomic mass is 10.1. The molecule has 0 atom stereocenters. The molecule has 0 aliphatic carbocycles. The van der Waals surface area contributed by atoms with E-state index in [-0.39, 0.29) is 29.3 Å². The van der Waals surface area contributed by atoms with E-state index in [1.807, 2.05) is 13.8 Å². The molecular weight excluding hydrogens is 511 g/mol. The van der Waals surface area contributed by atoms with Crippen LogP contribution in [0, 0.1) is 5.82 Å². The quantitative estimate of drug-likeness (QED) is 0.422. The molecule has 11 heteroatoms. The maximum atomic E-state index is 14.5. The normalized spacial score (nSPS) is 13.7. The predicted molar refractivity (Wildman–Crippen MR) is 143 cm³/mol. The highest BCUT2D eigenvalue weighted by Crippen LogP contribution is 2.30. The highest BCUT2D eigenvalue weighted by molar-refractivity contribution is 6.30. The lowest BCUT2D eigenvalue weighted by molar-refractivity contribution is 0.00533. The molecule has 0 spiro atoms. The van der Waals surface area contributed by atoms with Crippen LogP contribution in [0.3, 0.4) is 0 Å². The second kappa shape index (κ2) is 10.9. The summed E-state index contributed by atoms with van der Waals surface area (Å²) in [5.74, 6) is -0.208. The van der Waals surface area contributed by atoms with Crippen LogP contribution in [0.5, 0.6) is 0 Å². The Hall–Kier alpha value is -3.79. The summed E-state index contributed by atoms with van der Waals surface area (Å²) in [6.07, 6.45) is 4.23. The molecule has 9 nitrogen and oxygen atoms in total. The zero-order valence-corrected chi connectivity index (χ0v) is 22.6. The van der Waals surface area contributed by atoms with Crippen molar-refractivity contribution >= 4 is 35.1 Å². The first kappa shape index (κ1) is 27.3. The number of nitrogens with one attached hydrogen (secondary N) is 2. The summed E-state index contributed by atoms with van der Waals surface area (Å²) in [5.41, 5.74) is 1.14. The van der Waals surface area contributed by atoms with Crippen LogP contribution >= 0.6 is 11.6 Å². The van der Waals surface area contributed by atoms with Gasteiger partial charge in [-0.2, -0.15) is 0 Å². The van der Waals surface area contributed by atoms with Gasteiger partial charge in [0.25, 0.3) is 5.91 Å². The summed E-state index contributed by atoms with van der Waals surface area (Å²) in [7, 11) is 0. The van der Waals surface area contributed by atoms with E-state index < -0.39 is 17.5 Å². The molecule has 1 aromatic carbocycles. The molecule has 200 valence electrons. The molecule has 0 radical (unpaired) electrons. The molecule has 2 amide bonds. The van der Waals surface area contributed by atoms with Crippen LogP contribution < -0.4 is 10.6 Å². The van der Waals surface area contributed by atoms with Crippen LogP contribution in [0.25, 0.3) is 11.4 Å². The van der Waals surface area contributed by atoms with Crippen molar-refractivity contribution in [2.75, 3.05) is 18.4 Å². The Morgan fingerprint density at radius 2 is 1.92 bits per heavy atom. The number of carbonyl (C=O) groups is 2. The maximum absolute atomic E-state index is 14.5. The van der Waals surface area contributed by atoms with Crippen molar-refractivity contribution in [1.29, 1.82) is 0 Å². The Kier molecular flexibility index (Phi) is 7.82. The minimum atomic E-state index is -0.587. The highest BCUT2D eigenvalue weighted by Gasteiger charge is 2.35. The Labute approximate surface area is 225 Å². The minimum absolute atomic E-state index is 0.0451. The first-order valence-corrected chi connectivity index (χ1v) is 12.6. The number of benzene rings is 1. The van der Waals surface area contributed by atoms with Crippen LogP contribution in [0.4, 0.5) is 20.7 Å². The fourth-order valence-corrected chi connectivity index (χ4v) is 4.01. The lowest BCUT2D eigenvalue weighted by Crippen LogP contribution is -2.61. The van der Waals surface area contributed by atoms with Crippen molar-refractivity contribution in [2.24, 2.45) is 0 Å². The maximum Gasteiger partial charge on any atom is 0.410 e. The van der Waals surface area contributed by atoms with E-state index >= 15 is 0 Å². The Morgan fingerprint density at radius 3 is 2.61 bits per heavy atom. The number of likely N-dealkylation sites (tertiary alicyclic amines) is 1. The van der Waals surface area contributed by atoms with Crippen LogP contribution in [0.15, 0.2) is 42.9 Å². The predicted octanol–water partition coefficient (Wildman–Crippen LogP) is 5.55. The van der Waals surface area contributed by atoms with Gasteiger partial charge in [0.1, 0.15) is 17.2 Å². The number of anilines is 2. The number of nitrogens with zero attached hydrogens (tertiary/aromatic N) is 4. The van der Waals surface area contributed by atoms with Crippen LogP contribution in [0.2, 0.25) is 5.02 Å². The van der Waals surface area contributed by atoms with Gasteiger partial charge in [0.15, 0.2) is 5.82 Å². The SMILES string of the molecule is CC(C)c1cnc(-c2cc(Cl)ccc2F)nc1Nc1ccncc1C(=O)NC1CN(C(=O)OC(C)(C)C)C1. The Bertz CT molecular complexity index is 1350. The number of hydrogen-bond donors (Lipinski definition) is 2. The van der Waals surface area contributed by atoms with Gasteiger partial charge in [0.2, 0.25) is 0 Å². The van der Waals surface area contributed by atoms with Gasteiger partial charge in [-0.15, -0.1) is 0 Å². The minimum Gasteiger partial charge on any atom is -0.444 e. The van der Waals surface area contributed by atoms with Crippen molar-refractivity contribution in [3.63, 3.8) is 0 Å². The van der Waals surface area contributed by atoms with E-state index in [2.05, 4.69) is 25.6 Å². The van der Waals surface area contributed by atoms with Crippen LogP contribution in [-0.2, 0) is 4.74 Å². The zero-order chi connectivity index (χ0) is 27.6. The molecule has 3 aromatic rings. The van der Waals surface area contributed by atoms with Gasteiger partial charge in [-0.25, -0.2) is 19.2 Å². The third-order valence-corrected chi connectivity index (χ3v) is 6.03. The second-order valence-electron chi connectivity index (χ2n) is 10.4. The molecule has 1 aliphatic heterocycles. The molecule has 2 aromatic heterocycles. The molecule has 2 N–H and O–H groups in total. The van der Waals surface area contributed by atoms with Gasteiger partial charge in [-0.05, 0) is 51.0 Å². The molecule has 0 unspecified atom stereocenters. The Balaban J connectivity index is 1.53. The number of ether oxygens (including phenoxy) is 1. The van der Waals surface area contributed by atoms with Crippen LogP contribution in [0.1, 0.15) is 56.5 Å². The fraction of sp³-hybridized carbons (Fsp3) is 0.370. The number of rotatable bonds is 6. The summed E-state index contributed by atoms with van der Waals surface area (Å²) in [4.78, 5) is 39.9. The van der Waals surface area contributed by atoms with Gasteiger partial charge < -0.3 is 20.3 Å². The van der Waals surface area contributed by atoms with Gasteiger partial charge in [-0.1, -0.05) is 25.4 Å². The van der Waals surface area contributed by atoms with E-state index in [9.17, 15) is 14.0 Å². The first-order valence-electron chi connectivity index (χ1n) is 12.2. The van der Waals surface area contributed by atoms with E-state index in [0.717, 1.165) is 5.56 Å². The number of carbonyl (C=O) groups excluding carboxylic acids is 2. The standard InChI is InChI=1S/C27H30ClFN6O3/c1-15(2)19-12-31-23(18-10-16(28)6-7-21(18)29)34-24(19)33-22-8-9-30-11-20(22)25(36)32-17-13-35(14-17)26(37)38-27(3,4)5/h6-12,15,17H,13-14H2,1-5H3,(H,32,36)(H,30,31,33,34). The summed E-state index contributed by atoms with van der Waals surface area (Å²) >= 11 is 6.07. The molecule has 3 heterocycles. The molecule has 4 rings (SSSR count). The average molecular weight is 541 g/mol. The molecule has 1 saturated heterocycles. The van der Waals surface area contributed by atoms with Crippen LogP contribution in [-0.4, -0.2) is 56.6 Å².